The Morgan fingerprint density at radius 3 is 2.70 bits per heavy atom. The molecule has 0 aromatic heterocycles. The summed E-state index contributed by atoms with van der Waals surface area (Å²) < 4.78 is 0. The fourth-order valence-corrected chi connectivity index (χ4v) is 1.88. The molecule has 1 atom stereocenters. The van der Waals surface area contributed by atoms with Gasteiger partial charge in [-0.2, -0.15) is 0 Å². The summed E-state index contributed by atoms with van der Waals surface area (Å²) in [4.78, 5) is 21.6. The molecule has 0 saturated carbocycles. The van der Waals surface area contributed by atoms with Crippen LogP contribution in [0.25, 0.3) is 0 Å². The Morgan fingerprint density at radius 1 is 1.50 bits per heavy atom. The molecule has 0 saturated heterocycles. The third-order valence-electron chi connectivity index (χ3n) is 3.03. The number of hydrogen-bond acceptors (Lipinski definition) is 5. The number of nitrogens with two attached hydrogens (primary N) is 2. The van der Waals surface area contributed by atoms with Crippen molar-refractivity contribution >= 4 is 17.3 Å². The van der Waals surface area contributed by atoms with Crippen LogP contribution in [0.15, 0.2) is 18.2 Å². The van der Waals surface area contributed by atoms with Gasteiger partial charge in [0, 0.05) is 24.2 Å². The van der Waals surface area contributed by atoms with Gasteiger partial charge in [0.25, 0.3) is 5.69 Å². The van der Waals surface area contributed by atoms with Crippen LogP contribution in [0, 0.1) is 10.1 Å². The molecule has 0 radical (unpaired) electrons. The highest BCUT2D eigenvalue weighted by Crippen LogP contribution is 2.26. The van der Waals surface area contributed by atoms with Crippen molar-refractivity contribution in [1.29, 1.82) is 0 Å². The van der Waals surface area contributed by atoms with Crippen molar-refractivity contribution in [2.24, 2.45) is 11.5 Å². The summed E-state index contributed by atoms with van der Waals surface area (Å²) in [6.07, 6.45) is 2.85. The van der Waals surface area contributed by atoms with Crippen LogP contribution in [-0.4, -0.2) is 23.4 Å². The molecule has 0 bridgehead atoms. The Hall–Kier alpha value is -2.15. The molecule has 110 valence electrons. The van der Waals surface area contributed by atoms with Crippen molar-refractivity contribution in [1.82, 2.24) is 0 Å². The number of amides is 1. The molecule has 0 aliphatic heterocycles. The zero-order chi connectivity index (χ0) is 15.1. The number of carbonyl (C=O) groups is 1. The van der Waals surface area contributed by atoms with Crippen LogP contribution in [0.3, 0.4) is 0 Å². The fraction of sp³-hybridized carbons (Fsp3) is 0.462. The van der Waals surface area contributed by atoms with Crippen LogP contribution in [0.4, 0.5) is 11.4 Å². The number of nitro benzene ring substituents is 1. The number of unbranched alkanes of at least 4 members (excludes halogenated alkanes) is 1. The molecule has 0 aliphatic rings. The molecule has 1 aromatic rings. The van der Waals surface area contributed by atoms with E-state index in [1.165, 1.54) is 18.2 Å². The third kappa shape index (κ3) is 4.20. The summed E-state index contributed by atoms with van der Waals surface area (Å²) in [5.74, 6) is -0.694. The van der Waals surface area contributed by atoms with Crippen molar-refractivity contribution in [2.45, 2.75) is 32.2 Å². The van der Waals surface area contributed by atoms with Crippen LogP contribution in [-0.2, 0) is 0 Å². The highest BCUT2D eigenvalue weighted by molar-refractivity contribution is 5.94. The molecule has 1 aromatic carbocycles. The average Bonchev–Trinajstić information content (AvgIpc) is 2.43. The number of benzene rings is 1. The quantitative estimate of drug-likeness (QED) is 0.493. The number of hydrogen-bond donors (Lipinski definition) is 3. The van der Waals surface area contributed by atoms with Gasteiger partial charge in [0.05, 0.1) is 4.92 Å². The molecule has 7 heteroatoms. The van der Waals surface area contributed by atoms with Gasteiger partial charge in [-0.15, -0.1) is 0 Å². The van der Waals surface area contributed by atoms with E-state index in [1.54, 1.807) is 0 Å². The first-order valence-electron chi connectivity index (χ1n) is 6.54. The summed E-state index contributed by atoms with van der Waals surface area (Å²) in [5.41, 5.74) is 11.1. The van der Waals surface area contributed by atoms with Crippen LogP contribution in [0.1, 0.15) is 36.5 Å². The first kappa shape index (κ1) is 15.9. The Balaban J connectivity index is 2.98. The molecule has 0 fully saturated rings. The van der Waals surface area contributed by atoms with E-state index in [-0.39, 0.29) is 17.3 Å². The molecule has 1 amide bonds. The minimum Gasteiger partial charge on any atom is -0.375 e. The van der Waals surface area contributed by atoms with Crippen molar-refractivity contribution < 1.29 is 9.72 Å². The maximum absolute atomic E-state index is 11.1. The molecular formula is C13H20N4O3. The number of nitro groups is 1. The van der Waals surface area contributed by atoms with Gasteiger partial charge in [0.2, 0.25) is 5.91 Å². The zero-order valence-corrected chi connectivity index (χ0v) is 11.5. The van der Waals surface area contributed by atoms with Crippen molar-refractivity contribution in [3.05, 3.63) is 33.9 Å². The highest BCUT2D eigenvalue weighted by Gasteiger charge is 2.18. The zero-order valence-electron chi connectivity index (χ0n) is 11.5. The van der Waals surface area contributed by atoms with E-state index in [9.17, 15) is 14.9 Å². The lowest BCUT2D eigenvalue weighted by Gasteiger charge is -2.18. The first-order valence-corrected chi connectivity index (χ1v) is 6.54. The molecule has 1 unspecified atom stereocenters. The Bertz CT molecular complexity index is 491. The highest BCUT2D eigenvalue weighted by atomic mass is 16.6. The molecule has 0 heterocycles. The molecule has 0 aliphatic carbocycles. The lowest BCUT2D eigenvalue weighted by molar-refractivity contribution is -0.384. The van der Waals surface area contributed by atoms with E-state index < -0.39 is 10.8 Å². The summed E-state index contributed by atoms with van der Waals surface area (Å²) in [6.45, 7) is 2.45. The minimum absolute atomic E-state index is 0.0342. The van der Waals surface area contributed by atoms with Crippen molar-refractivity contribution in [3.8, 4) is 0 Å². The number of carbonyl (C=O) groups excluding carboxylic acids is 1. The topological polar surface area (TPSA) is 124 Å². The smallest absolute Gasteiger partial charge is 0.293 e. The molecule has 0 spiro atoms. The van der Waals surface area contributed by atoms with Crippen LogP contribution in [0.2, 0.25) is 0 Å². The largest absolute Gasteiger partial charge is 0.375 e. The monoisotopic (exact) mass is 280 g/mol. The average molecular weight is 280 g/mol. The molecule has 5 N–H and O–H groups in total. The van der Waals surface area contributed by atoms with Crippen molar-refractivity contribution in [2.75, 3.05) is 11.9 Å². The second-order valence-corrected chi connectivity index (χ2v) is 4.57. The van der Waals surface area contributed by atoms with E-state index in [0.29, 0.717) is 12.2 Å². The summed E-state index contributed by atoms with van der Waals surface area (Å²) in [5, 5.41) is 14.1. The Labute approximate surface area is 117 Å². The first-order chi connectivity index (χ1) is 9.49. The predicted molar refractivity (Wildman–Crippen MR) is 77.6 cm³/mol. The van der Waals surface area contributed by atoms with E-state index in [1.807, 2.05) is 0 Å². The maximum atomic E-state index is 11.1. The predicted octanol–water partition coefficient (Wildman–Crippen LogP) is 1.62. The third-order valence-corrected chi connectivity index (χ3v) is 3.03. The second kappa shape index (κ2) is 7.44. The lowest BCUT2D eigenvalue weighted by Crippen LogP contribution is -2.29. The van der Waals surface area contributed by atoms with Crippen LogP contribution in [0.5, 0.6) is 0 Å². The normalized spacial score (nSPS) is 11.9. The van der Waals surface area contributed by atoms with Gasteiger partial charge in [-0.3, -0.25) is 14.9 Å². The van der Waals surface area contributed by atoms with E-state index in [2.05, 4.69) is 12.2 Å². The molecule has 20 heavy (non-hydrogen) atoms. The molecular weight excluding hydrogens is 260 g/mol. The Kier molecular flexibility index (Phi) is 5.92. The standard InChI is InChI=1S/C13H20N4O3/c1-2-3-4-10(8-14)16-11-6-5-9(13(15)18)7-12(11)17(19)20/h5-7,10,16H,2-4,8,14H2,1H3,(H2,15,18). The van der Waals surface area contributed by atoms with Crippen molar-refractivity contribution in [3.63, 3.8) is 0 Å². The summed E-state index contributed by atoms with van der Waals surface area (Å²) >= 11 is 0. The lowest BCUT2D eigenvalue weighted by atomic mass is 10.1. The van der Waals surface area contributed by atoms with Gasteiger partial charge in [-0.05, 0) is 18.6 Å². The number of primary amides is 1. The van der Waals surface area contributed by atoms with Gasteiger partial charge in [0.15, 0.2) is 0 Å². The van der Waals surface area contributed by atoms with Crippen LogP contribution < -0.4 is 16.8 Å². The number of rotatable bonds is 8. The van der Waals surface area contributed by atoms with Gasteiger partial charge >= 0.3 is 0 Å². The summed E-state index contributed by atoms with van der Waals surface area (Å²) in [6, 6.07) is 4.10. The number of nitrogens with zero attached hydrogens (tertiary/aromatic N) is 1. The summed E-state index contributed by atoms with van der Waals surface area (Å²) in [7, 11) is 0. The van der Waals surface area contributed by atoms with E-state index in [4.69, 9.17) is 11.5 Å². The molecule has 1 rings (SSSR count). The maximum Gasteiger partial charge on any atom is 0.293 e. The fourth-order valence-electron chi connectivity index (χ4n) is 1.88. The van der Waals surface area contributed by atoms with Crippen LogP contribution >= 0.6 is 0 Å². The SMILES string of the molecule is CCCCC(CN)Nc1ccc(C(N)=O)cc1[N+](=O)[O-]. The number of nitrogens with one attached hydrogen (secondary N) is 1. The van der Waals surface area contributed by atoms with Gasteiger partial charge in [0.1, 0.15) is 5.69 Å². The molecule has 7 nitrogen and oxygen atoms in total. The van der Waals surface area contributed by atoms with E-state index in [0.717, 1.165) is 19.3 Å². The Morgan fingerprint density at radius 2 is 2.20 bits per heavy atom. The van der Waals surface area contributed by atoms with Gasteiger partial charge < -0.3 is 16.8 Å². The second-order valence-electron chi connectivity index (χ2n) is 4.57. The van der Waals surface area contributed by atoms with Gasteiger partial charge in [-0.25, -0.2) is 0 Å². The number of anilines is 1. The van der Waals surface area contributed by atoms with E-state index >= 15 is 0 Å². The van der Waals surface area contributed by atoms with Gasteiger partial charge in [-0.1, -0.05) is 19.8 Å². The minimum atomic E-state index is -0.694.